The molecule has 0 bridgehead atoms. The van der Waals surface area contributed by atoms with Crippen LogP contribution in [0.15, 0.2) is 49.0 Å². The van der Waals surface area contributed by atoms with Crippen molar-refractivity contribution in [1.29, 1.82) is 0 Å². The number of ether oxygens (including phenoxy) is 3. The van der Waals surface area contributed by atoms with E-state index in [1.807, 2.05) is 0 Å². The Hall–Kier alpha value is -2.46. The van der Waals surface area contributed by atoms with Crippen molar-refractivity contribution in [3.05, 3.63) is 59.6 Å². The molecule has 0 N–H and O–H groups in total. The summed E-state index contributed by atoms with van der Waals surface area (Å²) in [6, 6.07) is 12.2. The van der Waals surface area contributed by atoms with Crippen molar-refractivity contribution in [2.75, 3.05) is 14.2 Å². The Morgan fingerprint density at radius 3 is 2.14 bits per heavy atom. The summed E-state index contributed by atoms with van der Waals surface area (Å²) in [5, 5.41) is 0.362. The smallest absolute Gasteiger partial charge is 0.337 e. The maximum atomic E-state index is 11.5. The van der Waals surface area contributed by atoms with Crippen molar-refractivity contribution in [3.8, 4) is 17.2 Å². The lowest BCUT2D eigenvalue weighted by Crippen LogP contribution is -2.03. The van der Waals surface area contributed by atoms with Crippen LogP contribution in [0.5, 0.6) is 17.2 Å². The van der Waals surface area contributed by atoms with Gasteiger partial charge in [-0.1, -0.05) is 18.2 Å². The monoisotopic (exact) mass is 318 g/mol. The number of carbonyl (C=O) groups is 1. The Bertz CT molecular complexity index is 692. The zero-order chi connectivity index (χ0) is 16.1. The van der Waals surface area contributed by atoms with Crippen LogP contribution in [0.2, 0.25) is 5.02 Å². The summed E-state index contributed by atoms with van der Waals surface area (Å²) in [6.45, 7) is 3.68. The van der Waals surface area contributed by atoms with Gasteiger partial charge in [0, 0.05) is 11.6 Å². The van der Waals surface area contributed by atoms with Crippen LogP contribution in [0.25, 0.3) is 5.57 Å². The Balaban J connectivity index is 2.18. The van der Waals surface area contributed by atoms with E-state index in [9.17, 15) is 4.79 Å². The number of esters is 1. The van der Waals surface area contributed by atoms with Crippen LogP contribution < -0.4 is 9.47 Å². The number of rotatable bonds is 5. The zero-order valence-corrected chi connectivity index (χ0v) is 13.0. The van der Waals surface area contributed by atoms with Gasteiger partial charge >= 0.3 is 5.97 Å². The third-order valence-corrected chi connectivity index (χ3v) is 3.31. The molecule has 5 heteroatoms. The van der Waals surface area contributed by atoms with Crippen LogP contribution in [0.3, 0.4) is 0 Å². The van der Waals surface area contributed by atoms with Gasteiger partial charge in [0.15, 0.2) is 0 Å². The van der Waals surface area contributed by atoms with Crippen molar-refractivity contribution >= 4 is 23.1 Å². The number of hydrogen-bond donors (Lipinski definition) is 0. The van der Waals surface area contributed by atoms with Crippen molar-refractivity contribution in [2.45, 2.75) is 0 Å². The van der Waals surface area contributed by atoms with Gasteiger partial charge in [-0.15, -0.1) is 0 Å². The second kappa shape index (κ2) is 7.00. The molecule has 22 heavy (non-hydrogen) atoms. The fourth-order valence-electron chi connectivity index (χ4n) is 1.82. The lowest BCUT2D eigenvalue weighted by atomic mass is 10.1. The fourth-order valence-corrected chi connectivity index (χ4v) is 2.10. The van der Waals surface area contributed by atoms with Crippen LogP contribution in [0.1, 0.15) is 5.56 Å². The first-order valence-corrected chi connectivity index (χ1v) is 6.82. The Labute approximate surface area is 133 Å². The molecule has 2 aromatic carbocycles. The minimum atomic E-state index is -0.522. The van der Waals surface area contributed by atoms with Crippen LogP contribution in [0.4, 0.5) is 0 Å². The third-order valence-electron chi connectivity index (χ3n) is 2.99. The van der Waals surface area contributed by atoms with Crippen molar-refractivity contribution in [1.82, 2.24) is 0 Å². The van der Waals surface area contributed by atoms with Gasteiger partial charge < -0.3 is 14.2 Å². The highest BCUT2D eigenvalue weighted by Gasteiger charge is 2.13. The molecule has 0 aliphatic carbocycles. The van der Waals surface area contributed by atoms with Crippen LogP contribution in [0, 0.1) is 0 Å². The molecule has 0 aromatic heterocycles. The summed E-state index contributed by atoms with van der Waals surface area (Å²) >= 11 is 6.17. The molecule has 0 radical (unpaired) electrons. The number of carbonyl (C=O) groups excluding carboxylic acids is 1. The van der Waals surface area contributed by atoms with Gasteiger partial charge in [0.1, 0.15) is 17.2 Å². The standard InChI is InChI=1S/C17H15ClO4/c1-11(17(19)21-3)15-9-8-14(10-16(15)18)22-13-6-4-12(20-2)5-7-13/h4-10H,1H2,2-3H3. The first-order valence-electron chi connectivity index (χ1n) is 6.44. The predicted molar refractivity (Wildman–Crippen MR) is 85.6 cm³/mol. The molecule has 2 aromatic rings. The first kappa shape index (κ1) is 15.9. The molecular weight excluding hydrogens is 304 g/mol. The van der Waals surface area contributed by atoms with Gasteiger partial charge in [-0.25, -0.2) is 4.79 Å². The van der Waals surface area contributed by atoms with E-state index in [2.05, 4.69) is 11.3 Å². The van der Waals surface area contributed by atoms with Gasteiger partial charge in [0.2, 0.25) is 0 Å². The van der Waals surface area contributed by atoms with Crippen molar-refractivity contribution in [3.63, 3.8) is 0 Å². The summed E-state index contributed by atoms with van der Waals surface area (Å²) in [6.07, 6.45) is 0. The van der Waals surface area contributed by atoms with E-state index in [0.29, 0.717) is 22.1 Å². The fraction of sp³-hybridized carbons (Fsp3) is 0.118. The third kappa shape index (κ3) is 3.59. The van der Waals surface area contributed by atoms with E-state index in [-0.39, 0.29) is 5.57 Å². The maximum absolute atomic E-state index is 11.5. The Kier molecular flexibility index (Phi) is 5.07. The van der Waals surface area contributed by atoms with Crippen molar-refractivity contribution < 1.29 is 19.0 Å². The minimum absolute atomic E-state index is 0.198. The van der Waals surface area contributed by atoms with E-state index in [4.69, 9.17) is 21.1 Å². The molecule has 4 nitrogen and oxygen atoms in total. The molecule has 0 spiro atoms. The van der Waals surface area contributed by atoms with E-state index in [1.165, 1.54) is 7.11 Å². The molecule has 0 atom stereocenters. The highest BCUT2D eigenvalue weighted by molar-refractivity contribution is 6.34. The highest BCUT2D eigenvalue weighted by atomic mass is 35.5. The molecule has 0 aliphatic heterocycles. The highest BCUT2D eigenvalue weighted by Crippen LogP contribution is 2.30. The molecular formula is C17H15ClO4. The quantitative estimate of drug-likeness (QED) is 0.608. The lowest BCUT2D eigenvalue weighted by molar-refractivity contribution is -0.133. The molecule has 0 saturated heterocycles. The van der Waals surface area contributed by atoms with Gasteiger partial charge in [0.05, 0.1) is 24.8 Å². The predicted octanol–water partition coefficient (Wildman–Crippen LogP) is 4.33. The minimum Gasteiger partial charge on any atom is -0.497 e. The van der Waals surface area contributed by atoms with Crippen LogP contribution in [-0.4, -0.2) is 20.2 Å². The van der Waals surface area contributed by atoms with Gasteiger partial charge in [0.25, 0.3) is 0 Å². The van der Waals surface area contributed by atoms with Crippen molar-refractivity contribution in [2.24, 2.45) is 0 Å². The van der Waals surface area contributed by atoms with E-state index in [1.54, 1.807) is 49.6 Å². The van der Waals surface area contributed by atoms with E-state index >= 15 is 0 Å². The number of hydrogen-bond acceptors (Lipinski definition) is 4. The SMILES string of the molecule is C=C(C(=O)OC)c1ccc(Oc2ccc(OC)cc2)cc1Cl. The molecule has 2 rings (SSSR count). The van der Waals surface area contributed by atoms with Crippen LogP contribution >= 0.6 is 11.6 Å². The normalized spacial score (nSPS) is 9.95. The largest absolute Gasteiger partial charge is 0.497 e. The van der Waals surface area contributed by atoms with Gasteiger partial charge in [-0.3, -0.25) is 0 Å². The Morgan fingerprint density at radius 1 is 1.00 bits per heavy atom. The first-order chi connectivity index (χ1) is 10.5. The average molecular weight is 319 g/mol. The summed E-state index contributed by atoms with van der Waals surface area (Å²) in [4.78, 5) is 11.5. The molecule has 114 valence electrons. The molecule has 0 aliphatic rings. The maximum Gasteiger partial charge on any atom is 0.337 e. The summed E-state index contributed by atoms with van der Waals surface area (Å²) in [7, 11) is 2.89. The average Bonchev–Trinajstić information content (AvgIpc) is 2.54. The van der Waals surface area contributed by atoms with E-state index in [0.717, 1.165) is 5.75 Å². The second-order valence-electron chi connectivity index (χ2n) is 4.39. The van der Waals surface area contributed by atoms with Crippen LogP contribution in [-0.2, 0) is 9.53 Å². The summed E-state index contributed by atoms with van der Waals surface area (Å²) in [5.74, 6) is 1.42. The second-order valence-corrected chi connectivity index (χ2v) is 4.80. The summed E-state index contributed by atoms with van der Waals surface area (Å²) in [5.41, 5.74) is 0.707. The van der Waals surface area contributed by atoms with Gasteiger partial charge in [-0.2, -0.15) is 0 Å². The zero-order valence-electron chi connectivity index (χ0n) is 12.3. The summed E-state index contributed by atoms with van der Waals surface area (Å²) < 4.78 is 15.4. The number of methoxy groups -OCH3 is 2. The van der Waals surface area contributed by atoms with E-state index < -0.39 is 5.97 Å². The molecule has 0 saturated carbocycles. The molecule has 0 amide bonds. The molecule has 0 heterocycles. The topological polar surface area (TPSA) is 44.8 Å². The molecule has 0 fully saturated rings. The van der Waals surface area contributed by atoms with Gasteiger partial charge in [-0.05, 0) is 36.4 Å². The lowest BCUT2D eigenvalue weighted by Gasteiger charge is -2.10. The number of benzene rings is 2. The molecule has 0 unspecified atom stereocenters. The Morgan fingerprint density at radius 2 is 1.59 bits per heavy atom. The number of halogens is 1.